The fraction of sp³-hybridized carbons (Fsp3) is 0.235. The van der Waals surface area contributed by atoms with E-state index in [1.807, 2.05) is 37.3 Å². The SMILES string of the molecule is CCCc1nc(C)sc1C(=O)Nc1cccc2cccnc12. The van der Waals surface area contributed by atoms with Crippen molar-refractivity contribution in [3.05, 3.63) is 52.1 Å². The van der Waals surface area contributed by atoms with Crippen molar-refractivity contribution in [3.63, 3.8) is 0 Å². The van der Waals surface area contributed by atoms with Crippen molar-refractivity contribution in [3.8, 4) is 0 Å². The number of anilines is 1. The second kappa shape index (κ2) is 6.23. The van der Waals surface area contributed by atoms with Crippen molar-refractivity contribution in [2.45, 2.75) is 26.7 Å². The van der Waals surface area contributed by atoms with E-state index in [1.54, 1.807) is 6.20 Å². The fourth-order valence-corrected chi connectivity index (χ4v) is 3.30. The van der Waals surface area contributed by atoms with Gasteiger partial charge >= 0.3 is 0 Å². The Morgan fingerprint density at radius 1 is 1.27 bits per heavy atom. The lowest BCUT2D eigenvalue weighted by Gasteiger charge is -2.07. The average Bonchev–Trinajstić information content (AvgIpc) is 2.89. The van der Waals surface area contributed by atoms with Gasteiger partial charge in [-0.25, -0.2) is 4.98 Å². The Balaban J connectivity index is 1.93. The predicted octanol–water partition coefficient (Wildman–Crippen LogP) is 4.20. The molecule has 0 aliphatic heterocycles. The number of nitrogens with zero attached hydrogens (tertiary/aromatic N) is 2. The Kier molecular flexibility index (Phi) is 4.15. The molecule has 4 nitrogen and oxygen atoms in total. The number of aryl methyl sites for hydroxylation is 2. The van der Waals surface area contributed by atoms with Crippen LogP contribution in [-0.4, -0.2) is 15.9 Å². The van der Waals surface area contributed by atoms with Crippen molar-refractivity contribution < 1.29 is 4.79 Å². The van der Waals surface area contributed by atoms with Crippen LogP contribution in [0.15, 0.2) is 36.5 Å². The van der Waals surface area contributed by atoms with E-state index in [-0.39, 0.29) is 5.91 Å². The number of carbonyl (C=O) groups excluding carboxylic acids is 1. The quantitative estimate of drug-likeness (QED) is 0.785. The zero-order valence-corrected chi connectivity index (χ0v) is 13.4. The Labute approximate surface area is 133 Å². The third-order valence-electron chi connectivity index (χ3n) is 3.38. The number of benzene rings is 1. The maximum Gasteiger partial charge on any atom is 0.267 e. The van der Waals surface area contributed by atoms with Gasteiger partial charge in [0, 0.05) is 11.6 Å². The molecule has 0 unspecified atom stereocenters. The number of hydrogen-bond acceptors (Lipinski definition) is 4. The van der Waals surface area contributed by atoms with E-state index in [1.165, 1.54) is 11.3 Å². The number of thiazole rings is 1. The molecule has 3 aromatic rings. The molecule has 0 aliphatic rings. The minimum atomic E-state index is -0.104. The molecule has 0 bridgehead atoms. The Morgan fingerprint density at radius 2 is 2.09 bits per heavy atom. The van der Waals surface area contributed by atoms with Gasteiger partial charge in [-0.05, 0) is 25.5 Å². The van der Waals surface area contributed by atoms with Crippen LogP contribution in [0.5, 0.6) is 0 Å². The maximum absolute atomic E-state index is 12.6. The largest absolute Gasteiger partial charge is 0.319 e. The first-order valence-electron chi connectivity index (χ1n) is 7.30. The van der Waals surface area contributed by atoms with Crippen LogP contribution < -0.4 is 5.32 Å². The lowest BCUT2D eigenvalue weighted by Crippen LogP contribution is -2.13. The highest BCUT2D eigenvalue weighted by Crippen LogP contribution is 2.24. The molecule has 0 fully saturated rings. The number of carbonyl (C=O) groups is 1. The summed E-state index contributed by atoms with van der Waals surface area (Å²) in [5.41, 5.74) is 2.42. The highest BCUT2D eigenvalue weighted by Gasteiger charge is 2.17. The first kappa shape index (κ1) is 14.7. The summed E-state index contributed by atoms with van der Waals surface area (Å²) in [6, 6.07) is 9.65. The summed E-state index contributed by atoms with van der Waals surface area (Å²) in [5.74, 6) is -0.104. The molecule has 0 spiro atoms. The number of rotatable bonds is 4. The lowest BCUT2D eigenvalue weighted by molar-refractivity contribution is 0.102. The van der Waals surface area contributed by atoms with Crippen LogP contribution in [0.2, 0.25) is 0 Å². The first-order chi connectivity index (χ1) is 10.7. The van der Waals surface area contributed by atoms with Gasteiger partial charge in [0.1, 0.15) is 4.88 Å². The number of hydrogen-bond donors (Lipinski definition) is 1. The molecule has 0 radical (unpaired) electrons. The van der Waals surface area contributed by atoms with Gasteiger partial charge in [-0.1, -0.05) is 31.5 Å². The second-order valence-electron chi connectivity index (χ2n) is 5.09. The van der Waals surface area contributed by atoms with E-state index < -0.39 is 0 Å². The van der Waals surface area contributed by atoms with Gasteiger partial charge in [-0.3, -0.25) is 9.78 Å². The van der Waals surface area contributed by atoms with Crippen LogP contribution >= 0.6 is 11.3 Å². The van der Waals surface area contributed by atoms with Crippen molar-refractivity contribution in [2.75, 3.05) is 5.32 Å². The van der Waals surface area contributed by atoms with E-state index in [9.17, 15) is 4.79 Å². The molecule has 22 heavy (non-hydrogen) atoms. The van der Waals surface area contributed by atoms with Gasteiger partial charge in [-0.15, -0.1) is 11.3 Å². The van der Waals surface area contributed by atoms with Crippen LogP contribution in [-0.2, 0) is 6.42 Å². The van der Waals surface area contributed by atoms with Crippen molar-refractivity contribution >= 4 is 33.8 Å². The molecule has 1 amide bonds. The zero-order valence-electron chi connectivity index (χ0n) is 12.6. The second-order valence-corrected chi connectivity index (χ2v) is 6.30. The van der Waals surface area contributed by atoms with Gasteiger partial charge in [0.2, 0.25) is 0 Å². The number of nitrogens with one attached hydrogen (secondary N) is 1. The van der Waals surface area contributed by atoms with E-state index in [4.69, 9.17) is 0 Å². The molecule has 1 N–H and O–H groups in total. The minimum Gasteiger partial charge on any atom is -0.319 e. The summed E-state index contributed by atoms with van der Waals surface area (Å²) in [7, 11) is 0. The predicted molar refractivity (Wildman–Crippen MR) is 90.5 cm³/mol. The standard InChI is InChI=1S/C17H17N3OS/c1-3-6-14-16(22-11(2)19-14)17(21)20-13-9-4-7-12-8-5-10-18-15(12)13/h4-5,7-10H,3,6H2,1-2H3,(H,20,21). The summed E-state index contributed by atoms with van der Waals surface area (Å²) in [6.45, 7) is 4.02. The highest BCUT2D eigenvalue weighted by atomic mass is 32.1. The van der Waals surface area contributed by atoms with Crippen molar-refractivity contribution in [1.29, 1.82) is 0 Å². The van der Waals surface area contributed by atoms with Gasteiger partial charge in [0.25, 0.3) is 5.91 Å². The van der Waals surface area contributed by atoms with Crippen LogP contribution in [0.1, 0.15) is 33.7 Å². The van der Waals surface area contributed by atoms with E-state index >= 15 is 0 Å². The number of aromatic nitrogens is 2. The third kappa shape index (κ3) is 2.85. The Morgan fingerprint density at radius 3 is 2.91 bits per heavy atom. The highest BCUT2D eigenvalue weighted by molar-refractivity contribution is 7.13. The molecule has 5 heteroatoms. The van der Waals surface area contributed by atoms with E-state index in [0.717, 1.165) is 40.1 Å². The molecule has 0 atom stereocenters. The summed E-state index contributed by atoms with van der Waals surface area (Å²) in [6.07, 6.45) is 3.53. The minimum absolute atomic E-state index is 0.104. The van der Waals surface area contributed by atoms with Gasteiger partial charge in [-0.2, -0.15) is 0 Å². The van der Waals surface area contributed by atoms with Gasteiger partial charge in [0.15, 0.2) is 0 Å². The Bertz CT molecular complexity index is 820. The monoisotopic (exact) mass is 311 g/mol. The van der Waals surface area contributed by atoms with Crippen LogP contribution in [0, 0.1) is 6.92 Å². The molecule has 2 aromatic heterocycles. The smallest absolute Gasteiger partial charge is 0.267 e. The van der Waals surface area contributed by atoms with Crippen LogP contribution in [0.3, 0.4) is 0 Å². The molecule has 112 valence electrons. The molecule has 3 rings (SSSR count). The third-order valence-corrected chi connectivity index (χ3v) is 4.39. The van der Waals surface area contributed by atoms with Crippen molar-refractivity contribution in [2.24, 2.45) is 0 Å². The summed E-state index contributed by atoms with van der Waals surface area (Å²) >= 11 is 1.44. The summed E-state index contributed by atoms with van der Waals surface area (Å²) < 4.78 is 0. The summed E-state index contributed by atoms with van der Waals surface area (Å²) in [5, 5.41) is 4.91. The molecular weight excluding hydrogens is 294 g/mol. The van der Waals surface area contributed by atoms with Gasteiger partial charge in [0.05, 0.1) is 21.9 Å². The molecule has 1 aromatic carbocycles. The van der Waals surface area contributed by atoms with Crippen LogP contribution in [0.25, 0.3) is 10.9 Å². The molecular formula is C17H17N3OS. The average molecular weight is 311 g/mol. The maximum atomic E-state index is 12.6. The van der Waals surface area contributed by atoms with Crippen LogP contribution in [0.4, 0.5) is 5.69 Å². The molecule has 0 aliphatic carbocycles. The number of fused-ring (bicyclic) bond motifs is 1. The molecule has 2 heterocycles. The van der Waals surface area contributed by atoms with E-state index in [0.29, 0.717) is 4.88 Å². The zero-order chi connectivity index (χ0) is 15.5. The van der Waals surface area contributed by atoms with Gasteiger partial charge < -0.3 is 5.32 Å². The van der Waals surface area contributed by atoms with E-state index in [2.05, 4.69) is 22.2 Å². The number of amides is 1. The normalized spacial score (nSPS) is 10.8. The Hall–Kier alpha value is -2.27. The number of para-hydroxylation sites is 1. The fourth-order valence-electron chi connectivity index (χ4n) is 2.44. The topological polar surface area (TPSA) is 54.9 Å². The lowest BCUT2D eigenvalue weighted by atomic mass is 10.2. The molecule has 0 saturated heterocycles. The molecule has 0 saturated carbocycles. The van der Waals surface area contributed by atoms with Crippen molar-refractivity contribution in [1.82, 2.24) is 9.97 Å². The number of pyridine rings is 1. The summed E-state index contributed by atoms with van der Waals surface area (Å²) in [4.78, 5) is 22.1. The first-order valence-corrected chi connectivity index (χ1v) is 8.12.